The van der Waals surface area contributed by atoms with E-state index >= 15 is 0 Å². The molecule has 3 aliphatic rings. The molecule has 2 aliphatic heterocycles. The molecule has 1 aliphatic carbocycles. The van der Waals surface area contributed by atoms with Crippen molar-refractivity contribution in [3.05, 3.63) is 46.1 Å². The Hall–Kier alpha value is -3.11. The highest BCUT2D eigenvalue weighted by Gasteiger charge is 2.46. The highest BCUT2D eigenvalue weighted by Crippen LogP contribution is 2.45. The SMILES string of the molecule is CC(C)(C)OC(=O)N1CCC(NC(=O)c2cnc(N3CC4CC4C3)nc2NCc2ccc(CO)c(Cl)c2)CC1. The van der Waals surface area contributed by atoms with Crippen LogP contribution in [0.15, 0.2) is 24.4 Å². The zero-order chi connectivity index (χ0) is 27.7. The molecule has 39 heavy (non-hydrogen) atoms. The summed E-state index contributed by atoms with van der Waals surface area (Å²) in [4.78, 5) is 38.9. The average Bonchev–Trinajstić information content (AvgIpc) is 3.51. The lowest BCUT2D eigenvalue weighted by atomic mass is 10.0. The van der Waals surface area contributed by atoms with Crippen LogP contribution in [0.2, 0.25) is 5.02 Å². The topological polar surface area (TPSA) is 120 Å². The van der Waals surface area contributed by atoms with Crippen LogP contribution in [0.3, 0.4) is 0 Å². The lowest BCUT2D eigenvalue weighted by molar-refractivity contribution is 0.0199. The van der Waals surface area contributed by atoms with Crippen molar-refractivity contribution in [1.82, 2.24) is 20.2 Å². The first-order valence-electron chi connectivity index (χ1n) is 13.6. The van der Waals surface area contributed by atoms with Gasteiger partial charge in [0.05, 0.1) is 6.61 Å². The zero-order valence-electron chi connectivity index (χ0n) is 22.7. The fraction of sp³-hybridized carbons (Fsp3) is 0.571. The van der Waals surface area contributed by atoms with Crippen LogP contribution >= 0.6 is 11.6 Å². The first kappa shape index (κ1) is 27.5. The molecule has 2 saturated heterocycles. The molecule has 5 rings (SSSR count). The van der Waals surface area contributed by atoms with Gasteiger partial charge in [-0.1, -0.05) is 23.7 Å². The van der Waals surface area contributed by atoms with Gasteiger partial charge < -0.3 is 30.3 Å². The largest absolute Gasteiger partial charge is 0.444 e. The summed E-state index contributed by atoms with van der Waals surface area (Å²) in [6, 6.07) is 5.41. The summed E-state index contributed by atoms with van der Waals surface area (Å²) in [7, 11) is 0. The van der Waals surface area contributed by atoms with E-state index in [1.54, 1.807) is 23.2 Å². The highest BCUT2D eigenvalue weighted by atomic mass is 35.5. The number of amides is 2. The average molecular weight is 557 g/mol. The Bertz CT molecular complexity index is 1220. The van der Waals surface area contributed by atoms with Gasteiger partial charge in [-0.25, -0.2) is 9.78 Å². The molecule has 3 fully saturated rings. The van der Waals surface area contributed by atoms with Crippen molar-refractivity contribution in [1.29, 1.82) is 0 Å². The van der Waals surface area contributed by atoms with Gasteiger partial charge in [-0.2, -0.15) is 4.98 Å². The smallest absolute Gasteiger partial charge is 0.410 e. The number of halogens is 1. The molecule has 2 aromatic rings. The summed E-state index contributed by atoms with van der Waals surface area (Å²) in [5.41, 5.74) is 1.39. The fourth-order valence-electron chi connectivity index (χ4n) is 5.20. The quantitative estimate of drug-likeness (QED) is 0.471. The van der Waals surface area contributed by atoms with Crippen molar-refractivity contribution in [3.63, 3.8) is 0 Å². The summed E-state index contributed by atoms with van der Waals surface area (Å²) < 4.78 is 5.48. The fourth-order valence-corrected chi connectivity index (χ4v) is 5.46. The Labute approximate surface area is 234 Å². The van der Waals surface area contributed by atoms with Crippen LogP contribution in [-0.4, -0.2) is 69.8 Å². The lowest BCUT2D eigenvalue weighted by Crippen LogP contribution is -2.47. The number of hydrogen-bond donors (Lipinski definition) is 3. The predicted octanol–water partition coefficient (Wildman–Crippen LogP) is 3.82. The normalized spacial score (nSPS) is 20.9. The van der Waals surface area contributed by atoms with Crippen molar-refractivity contribution < 1.29 is 19.4 Å². The van der Waals surface area contributed by atoms with Crippen molar-refractivity contribution in [2.75, 3.05) is 36.4 Å². The zero-order valence-corrected chi connectivity index (χ0v) is 23.5. The number of nitrogens with zero attached hydrogens (tertiary/aromatic N) is 4. The molecule has 0 radical (unpaired) electrons. The van der Waals surface area contributed by atoms with Gasteiger partial charge in [0.2, 0.25) is 5.95 Å². The third-order valence-corrected chi connectivity index (χ3v) is 7.86. The number of rotatable bonds is 7. The van der Waals surface area contributed by atoms with E-state index < -0.39 is 5.60 Å². The number of piperidine rings is 2. The minimum Gasteiger partial charge on any atom is -0.444 e. The molecule has 210 valence electrons. The molecule has 2 amide bonds. The van der Waals surface area contributed by atoms with Gasteiger partial charge in [0, 0.05) is 50.0 Å². The van der Waals surface area contributed by atoms with Crippen molar-refractivity contribution in [2.45, 2.75) is 64.8 Å². The van der Waals surface area contributed by atoms with Gasteiger partial charge >= 0.3 is 6.09 Å². The van der Waals surface area contributed by atoms with E-state index in [2.05, 4.69) is 20.5 Å². The molecular formula is C28H37ClN6O4. The molecule has 2 atom stereocenters. The highest BCUT2D eigenvalue weighted by molar-refractivity contribution is 6.31. The van der Waals surface area contributed by atoms with Crippen LogP contribution in [0, 0.1) is 11.8 Å². The Morgan fingerprint density at radius 3 is 2.54 bits per heavy atom. The summed E-state index contributed by atoms with van der Waals surface area (Å²) in [5.74, 6) is 2.29. The Morgan fingerprint density at radius 2 is 1.90 bits per heavy atom. The van der Waals surface area contributed by atoms with E-state index in [1.807, 2.05) is 26.8 Å². The number of carbonyl (C=O) groups is 2. The number of aliphatic hydroxyl groups excluding tert-OH is 1. The number of nitrogens with one attached hydrogen (secondary N) is 2. The van der Waals surface area contributed by atoms with Crippen LogP contribution in [-0.2, 0) is 17.9 Å². The Morgan fingerprint density at radius 1 is 1.18 bits per heavy atom. The minimum atomic E-state index is -0.542. The van der Waals surface area contributed by atoms with Gasteiger partial charge in [0.15, 0.2) is 0 Å². The van der Waals surface area contributed by atoms with Gasteiger partial charge in [0.25, 0.3) is 5.91 Å². The molecule has 1 saturated carbocycles. The summed E-state index contributed by atoms with van der Waals surface area (Å²) >= 11 is 6.28. The molecule has 2 unspecified atom stereocenters. The number of carbonyl (C=O) groups excluding carboxylic acids is 2. The second kappa shape index (κ2) is 11.2. The number of fused-ring (bicyclic) bond motifs is 1. The van der Waals surface area contributed by atoms with Crippen LogP contribution < -0.4 is 15.5 Å². The summed E-state index contributed by atoms with van der Waals surface area (Å²) in [5, 5.41) is 16.3. The van der Waals surface area contributed by atoms with Gasteiger partial charge in [-0.3, -0.25) is 4.79 Å². The number of aromatic nitrogens is 2. The monoisotopic (exact) mass is 556 g/mol. The number of likely N-dealkylation sites (tertiary alicyclic amines) is 1. The number of ether oxygens (including phenoxy) is 1. The van der Waals surface area contributed by atoms with Crippen molar-refractivity contribution >= 4 is 35.4 Å². The Kier molecular flexibility index (Phi) is 7.87. The third kappa shape index (κ3) is 6.73. The molecule has 3 heterocycles. The first-order valence-corrected chi connectivity index (χ1v) is 14.0. The second-order valence-corrected chi connectivity index (χ2v) is 12.2. The molecule has 0 bridgehead atoms. The molecular weight excluding hydrogens is 520 g/mol. The van der Waals surface area contributed by atoms with E-state index in [4.69, 9.17) is 21.3 Å². The minimum absolute atomic E-state index is 0.0701. The number of hydrogen-bond acceptors (Lipinski definition) is 8. The molecule has 11 heteroatoms. The number of aliphatic hydroxyl groups is 1. The van der Waals surface area contributed by atoms with Gasteiger partial charge in [-0.05, 0) is 69.1 Å². The van der Waals surface area contributed by atoms with Gasteiger partial charge in [0.1, 0.15) is 17.0 Å². The van der Waals surface area contributed by atoms with Crippen molar-refractivity contribution in [3.8, 4) is 0 Å². The maximum atomic E-state index is 13.4. The van der Waals surface area contributed by atoms with E-state index in [-0.39, 0.29) is 24.6 Å². The maximum Gasteiger partial charge on any atom is 0.410 e. The summed E-state index contributed by atoms with van der Waals surface area (Å²) in [6.07, 6.45) is 3.83. The van der Waals surface area contributed by atoms with Crippen LogP contribution in [0.1, 0.15) is 61.5 Å². The van der Waals surface area contributed by atoms with Gasteiger partial charge in [-0.15, -0.1) is 0 Å². The first-order chi connectivity index (χ1) is 18.6. The number of benzene rings is 1. The van der Waals surface area contributed by atoms with E-state index in [9.17, 15) is 14.7 Å². The van der Waals surface area contributed by atoms with Crippen LogP contribution in [0.5, 0.6) is 0 Å². The van der Waals surface area contributed by atoms with Crippen LogP contribution in [0.4, 0.5) is 16.6 Å². The van der Waals surface area contributed by atoms with Crippen molar-refractivity contribution in [2.24, 2.45) is 11.8 Å². The molecule has 10 nitrogen and oxygen atoms in total. The van der Waals surface area contributed by atoms with Crippen LogP contribution in [0.25, 0.3) is 0 Å². The molecule has 1 aromatic carbocycles. The molecule has 3 N–H and O–H groups in total. The van der Waals surface area contributed by atoms with E-state index in [0.29, 0.717) is 60.4 Å². The standard InChI is InChI=1S/C28H37ClN6O4/c1-28(2,3)39-27(38)34-8-6-21(7-9-34)32-25(37)22-13-31-26(35-14-19-11-20(19)15-35)33-24(22)30-12-17-4-5-18(16-36)23(29)10-17/h4-5,10,13,19-21,36H,6-9,11-12,14-16H2,1-3H3,(H,32,37)(H,30,31,33). The second-order valence-electron chi connectivity index (χ2n) is 11.7. The third-order valence-electron chi connectivity index (χ3n) is 7.51. The molecule has 1 aromatic heterocycles. The lowest BCUT2D eigenvalue weighted by Gasteiger charge is -2.33. The molecule has 0 spiro atoms. The maximum absolute atomic E-state index is 13.4. The predicted molar refractivity (Wildman–Crippen MR) is 149 cm³/mol. The Balaban J connectivity index is 1.26. The summed E-state index contributed by atoms with van der Waals surface area (Å²) in [6.45, 7) is 8.76. The number of anilines is 2. The van der Waals surface area contributed by atoms with E-state index in [0.717, 1.165) is 30.5 Å². The van der Waals surface area contributed by atoms with E-state index in [1.165, 1.54) is 6.42 Å².